The lowest BCUT2D eigenvalue weighted by molar-refractivity contribution is 0.147. The van der Waals surface area contributed by atoms with Crippen molar-refractivity contribution < 1.29 is 13.2 Å². The molecule has 3 N–H and O–H groups in total. The maximum atomic E-state index is 12.5. The third-order valence-electron chi connectivity index (χ3n) is 7.15. The van der Waals surface area contributed by atoms with Gasteiger partial charge in [-0.1, -0.05) is 147 Å². The van der Waals surface area contributed by atoms with Crippen LogP contribution in [0.1, 0.15) is 156 Å². The van der Waals surface area contributed by atoms with Gasteiger partial charge in [-0.05, 0) is 106 Å². The molecule has 0 heterocycles. The molecule has 0 aromatic carbocycles. The third kappa shape index (κ3) is 51.5. The fourth-order valence-electron chi connectivity index (χ4n) is 4.10. The zero-order chi connectivity index (χ0) is 44.2. The number of likely N-dealkylation sites (N-methyl/N-ethyl adjacent to an activating group) is 2. The summed E-state index contributed by atoms with van der Waals surface area (Å²) in [5.41, 5.74) is 10.6. The van der Waals surface area contributed by atoms with E-state index in [4.69, 9.17) is 0 Å². The van der Waals surface area contributed by atoms with Crippen LogP contribution in [0.25, 0.3) is 0 Å². The molecule has 2 rings (SSSR count). The number of hydrogen-bond donors (Lipinski definition) is 2. The SMILES string of the molecule is C/C=C(\CC(F)F)C[C@H]1C=CC(N(CC)CCNC)=CC1.C=NCC(=C/C)/C(C)=C\C.CC.CC.CC.CC.CC1=CCCC=C1.CCCC.CF.CN. The van der Waals surface area contributed by atoms with Gasteiger partial charge in [0.1, 0.15) is 0 Å². The predicted octanol–water partition coefficient (Wildman–Crippen LogP) is 14.9. The Hall–Kier alpha value is -2.64. The number of rotatable bonds is 13. The van der Waals surface area contributed by atoms with E-state index in [-0.39, 0.29) is 6.42 Å². The second-order valence-corrected chi connectivity index (χ2v) is 10.5. The number of aliphatic imine (C=N–C) groups is 1. The highest BCUT2D eigenvalue weighted by atomic mass is 19.3. The van der Waals surface area contributed by atoms with Crippen LogP contribution >= 0.6 is 0 Å². The minimum atomic E-state index is -2.24. The monoisotopic (exact) mass is 773 g/mol. The summed E-state index contributed by atoms with van der Waals surface area (Å²) in [6.45, 7) is 39.7. The Morgan fingerprint density at radius 1 is 0.907 bits per heavy atom. The summed E-state index contributed by atoms with van der Waals surface area (Å²) in [4.78, 5) is 6.15. The summed E-state index contributed by atoms with van der Waals surface area (Å²) in [5.74, 6) is 0.349. The molecule has 0 amide bonds. The summed E-state index contributed by atoms with van der Waals surface area (Å²) in [5, 5.41) is 3.16. The van der Waals surface area contributed by atoms with Crippen molar-refractivity contribution in [3.8, 4) is 0 Å². The average Bonchev–Trinajstić information content (AvgIpc) is 3.25. The first kappa shape index (κ1) is 69.3. The van der Waals surface area contributed by atoms with E-state index in [0.717, 1.165) is 44.6 Å². The molecule has 0 aromatic rings. The molecule has 54 heavy (non-hydrogen) atoms. The molecular formula is C47H95F3N4. The Kier molecular flexibility index (Phi) is 83.7. The van der Waals surface area contributed by atoms with Gasteiger partial charge < -0.3 is 16.0 Å². The molecule has 0 saturated carbocycles. The van der Waals surface area contributed by atoms with Crippen molar-refractivity contribution in [1.82, 2.24) is 10.2 Å². The number of unbranched alkanes of at least 4 members (excludes halogenated alkanes) is 1. The number of nitrogens with zero attached hydrogens (tertiary/aromatic N) is 2. The Bertz CT molecular complexity index is 912. The number of nitrogens with one attached hydrogen (secondary N) is 1. The normalized spacial score (nSPS) is 13.6. The van der Waals surface area contributed by atoms with Gasteiger partial charge in [-0.25, -0.2) is 8.78 Å². The van der Waals surface area contributed by atoms with Gasteiger partial charge in [0.25, 0.3) is 0 Å². The first-order chi connectivity index (χ1) is 26.2. The number of nitrogens with two attached hydrogens (primary N) is 1. The van der Waals surface area contributed by atoms with Crippen LogP contribution in [0.5, 0.6) is 0 Å². The van der Waals surface area contributed by atoms with Crippen molar-refractivity contribution in [2.24, 2.45) is 16.6 Å². The summed E-state index contributed by atoms with van der Waals surface area (Å²) in [6, 6.07) is 0. The second-order valence-electron chi connectivity index (χ2n) is 10.5. The van der Waals surface area contributed by atoms with Crippen LogP contribution < -0.4 is 11.1 Å². The van der Waals surface area contributed by atoms with Crippen LogP contribution in [0.15, 0.2) is 87.7 Å². The van der Waals surface area contributed by atoms with E-state index in [1.807, 2.05) is 89.3 Å². The van der Waals surface area contributed by atoms with Crippen molar-refractivity contribution in [2.45, 2.75) is 162 Å². The van der Waals surface area contributed by atoms with Crippen molar-refractivity contribution in [2.75, 3.05) is 47.5 Å². The maximum Gasteiger partial charge on any atom is 0.242 e. The van der Waals surface area contributed by atoms with Crippen molar-refractivity contribution >= 4 is 6.72 Å². The van der Waals surface area contributed by atoms with E-state index in [1.54, 1.807) is 0 Å². The molecule has 324 valence electrons. The lowest BCUT2D eigenvalue weighted by Crippen LogP contribution is -2.30. The fraction of sp³-hybridized carbons (Fsp3) is 0.681. The molecule has 7 heteroatoms. The topological polar surface area (TPSA) is 53.6 Å². The van der Waals surface area contributed by atoms with E-state index in [0.29, 0.717) is 13.1 Å². The maximum absolute atomic E-state index is 12.5. The number of halogens is 3. The quantitative estimate of drug-likeness (QED) is 0.111. The van der Waals surface area contributed by atoms with E-state index in [9.17, 15) is 13.2 Å². The molecule has 0 radical (unpaired) electrons. The summed E-state index contributed by atoms with van der Waals surface area (Å²) in [7, 11) is 3.95. The number of alkyl halides is 3. The minimum Gasteiger partial charge on any atom is -0.371 e. The molecule has 2 aliphatic carbocycles. The van der Waals surface area contributed by atoms with Crippen LogP contribution in [-0.2, 0) is 0 Å². The lowest BCUT2D eigenvalue weighted by atomic mass is 9.90. The summed E-state index contributed by atoms with van der Waals surface area (Å²) in [6.07, 6.45) is 23.6. The Morgan fingerprint density at radius 3 is 1.72 bits per heavy atom. The van der Waals surface area contributed by atoms with Crippen LogP contribution in [0, 0.1) is 5.92 Å². The van der Waals surface area contributed by atoms with E-state index in [2.05, 4.69) is 111 Å². The summed E-state index contributed by atoms with van der Waals surface area (Å²) >= 11 is 0. The van der Waals surface area contributed by atoms with Gasteiger partial charge in [0, 0.05) is 31.8 Å². The van der Waals surface area contributed by atoms with Crippen molar-refractivity contribution in [1.29, 1.82) is 0 Å². The second kappa shape index (κ2) is 65.3. The van der Waals surface area contributed by atoms with Gasteiger partial charge in [-0.2, -0.15) is 0 Å². The minimum absolute atomic E-state index is 0.0966. The number of allylic oxidation sites excluding steroid dienone is 11. The van der Waals surface area contributed by atoms with Crippen molar-refractivity contribution in [3.05, 3.63) is 82.7 Å². The molecule has 0 aliphatic heterocycles. The molecule has 0 fully saturated rings. The molecule has 0 unspecified atom stereocenters. The average molecular weight is 773 g/mol. The van der Waals surface area contributed by atoms with Crippen LogP contribution in [0.2, 0.25) is 0 Å². The first-order valence-electron chi connectivity index (χ1n) is 20.9. The van der Waals surface area contributed by atoms with Crippen LogP contribution in [0.3, 0.4) is 0 Å². The van der Waals surface area contributed by atoms with Gasteiger partial charge in [0.2, 0.25) is 6.43 Å². The van der Waals surface area contributed by atoms with Gasteiger partial charge >= 0.3 is 0 Å². The Balaban J connectivity index is -0.0000000893. The first-order valence-corrected chi connectivity index (χ1v) is 20.9. The van der Waals surface area contributed by atoms with E-state index >= 15 is 0 Å². The zero-order valence-corrected chi connectivity index (χ0v) is 39.4. The zero-order valence-electron chi connectivity index (χ0n) is 39.4. The van der Waals surface area contributed by atoms with Gasteiger partial charge in [-0.15, -0.1) is 0 Å². The smallest absolute Gasteiger partial charge is 0.242 e. The van der Waals surface area contributed by atoms with Crippen molar-refractivity contribution in [3.63, 3.8) is 0 Å². The Labute approximate surface area is 338 Å². The largest absolute Gasteiger partial charge is 0.371 e. The molecule has 0 spiro atoms. The molecule has 0 aromatic heterocycles. The highest BCUT2D eigenvalue weighted by Crippen LogP contribution is 2.27. The summed E-state index contributed by atoms with van der Waals surface area (Å²) < 4.78 is 34.4. The molecular weight excluding hydrogens is 678 g/mol. The highest BCUT2D eigenvalue weighted by molar-refractivity contribution is 5.33. The molecule has 0 bridgehead atoms. The van der Waals surface area contributed by atoms with Crippen LogP contribution in [-0.4, -0.2) is 65.5 Å². The van der Waals surface area contributed by atoms with E-state index in [1.165, 1.54) is 55.1 Å². The van der Waals surface area contributed by atoms with Gasteiger partial charge in [-0.3, -0.25) is 9.38 Å². The van der Waals surface area contributed by atoms with Crippen LogP contribution in [0.4, 0.5) is 13.2 Å². The highest BCUT2D eigenvalue weighted by Gasteiger charge is 2.15. The van der Waals surface area contributed by atoms with Gasteiger partial charge in [0.15, 0.2) is 0 Å². The third-order valence-corrected chi connectivity index (χ3v) is 7.15. The molecule has 0 saturated heterocycles. The number of hydrogen-bond acceptors (Lipinski definition) is 4. The lowest BCUT2D eigenvalue weighted by Gasteiger charge is -2.27. The Morgan fingerprint density at radius 2 is 1.44 bits per heavy atom. The van der Waals surface area contributed by atoms with E-state index < -0.39 is 6.43 Å². The van der Waals surface area contributed by atoms with Gasteiger partial charge in [0.05, 0.1) is 13.7 Å². The standard InChI is InChI=1S/C17H28F2N2.C9H15N.C7H10.C4H10.4C2H6.CH3F.CH5N/c1-4-14(13-17(18)19)12-15-6-8-16(9-7-15)21(5-2)11-10-20-3;1-5-8(3)9(6-2)7-10-4;1-7-5-3-2-4-6-7;1-3-4-2;6*1-2/h4,6,8-9,15,17,20H,5,7,10-13H2,1-3H3;5-6H,4,7H2,1-3H3;3,5-6H,2,4H2,1H3;3-4H2,1-2H3;4*1-2H3;1H3;2H2,1H3/b14-4-;8-5-,9-6-;;;;;;;;/t15-;;;;;;;;;/m0........./s1. The predicted molar refractivity (Wildman–Crippen MR) is 248 cm³/mol. The molecule has 4 nitrogen and oxygen atoms in total. The molecule has 2 aliphatic rings. The molecule has 1 atom stereocenters. The fourth-order valence-corrected chi connectivity index (χ4v) is 4.10.